The van der Waals surface area contributed by atoms with Crippen molar-refractivity contribution >= 4 is 30.4 Å². The quantitative estimate of drug-likeness (QED) is 0.442. The number of nitrogens with one attached hydrogen (secondary N) is 1. The number of amides is 1. The largest absolute Gasteiger partial charge is 0.404 e. The van der Waals surface area contributed by atoms with Gasteiger partial charge in [0.15, 0.2) is 5.78 Å². The van der Waals surface area contributed by atoms with Crippen LogP contribution in [0.5, 0.6) is 0 Å². The predicted molar refractivity (Wildman–Crippen MR) is 153 cm³/mol. The summed E-state index contributed by atoms with van der Waals surface area (Å²) in [5.74, 6) is -0.240. The first-order chi connectivity index (χ1) is 17.7. The standard InChI is InChI=1S/C32H41NO3Si/c1-24-14-8-5-9-15-25-22-26(23-29(25)30(34)20-21-31(35)33-24)36-37(32(2,3)4,27-16-10-6-11-17-27)28-18-12-7-13-19-28/h6-7,9-13,15-21,24-26,29H,5,8,14,22-23H2,1-4H3,(H,33,35)/b15-9+,21-20+/t24-,25+,26-,29+/m0/s1. The van der Waals surface area contributed by atoms with Gasteiger partial charge in [-0.05, 0) is 66.4 Å². The van der Waals surface area contributed by atoms with Crippen LogP contribution in [-0.4, -0.2) is 32.2 Å². The van der Waals surface area contributed by atoms with Gasteiger partial charge in [0.1, 0.15) is 0 Å². The van der Waals surface area contributed by atoms with Gasteiger partial charge in [-0.3, -0.25) is 9.59 Å². The van der Waals surface area contributed by atoms with E-state index < -0.39 is 8.32 Å². The molecule has 0 aromatic heterocycles. The van der Waals surface area contributed by atoms with Gasteiger partial charge < -0.3 is 9.74 Å². The molecule has 1 fully saturated rings. The van der Waals surface area contributed by atoms with E-state index in [2.05, 4.69) is 98.9 Å². The Morgan fingerprint density at radius 1 is 0.892 bits per heavy atom. The minimum Gasteiger partial charge on any atom is -0.404 e. The van der Waals surface area contributed by atoms with E-state index in [9.17, 15) is 9.59 Å². The van der Waals surface area contributed by atoms with Gasteiger partial charge in [0.2, 0.25) is 5.91 Å². The van der Waals surface area contributed by atoms with Crippen LogP contribution >= 0.6 is 0 Å². The number of carbonyl (C=O) groups excluding carboxylic acids is 2. The predicted octanol–water partition coefficient (Wildman–Crippen LogP) is 5.33. The molecule has 2 aromatic carbocycles. The Kier molecular flexibility index (Phi) is 8.66. The maximum atomic E-state index is 13.3. The van der Waals surface area contributed by atoms with Crippen LogP contribution < -0.4 is 15.7 Å². The number of fused-ring (bicyclic) bond motifs is 1. The minimum absolute atomic E-state index is 0.0187. The van der Waals surface area contributed by atoms with Crippen molar-refractivity contribution in [1.29, 1.82) is 0 Å². The molecule has 1 heterocycles. The Morgan fingerprint density at radius 3 is 2.11 bits per heavy atom. The third kappa shape index (κ3) is 6.21. The summed E-state index contributed by atoms with van der Waals surface area (Å²) in [7, 11) is -2.70. The second kappa shape index (κ2) is 11.7. The van der Waals surface area contributed by atoms with Gasteiger partial charge in [0, 0.05) is 24.1 Å². The molecule has 1 saturated carbocycles. The topological polar surface area (TPSA) is 55.4 Å². The van der Waals surface area contributed by atoms with Crippen LogP contribution in [0.2, 0.25) is 5.04 Å². The van der Waals surface area contributed by atoms with Crippen molar-refractivity contribution in [3.8, 4) is 0 Å². The summed E-state index contributed by atoms with van der Waals surface area (Å²) in [5.41, 5.74) is 0. The first-order valence-electron chi connectivity index (χ1n) is 13.7. The van der Waals surface area contributed by atoms with Gasteiger partial charge in [-0.2, -0.15) is 0 Å². The summed E-state index contributed by atoms with van der Waals surface area (Å²) in [6.45, 7) is 8.87. The maximum absolute atomic E-state index is 13.3. The molecule has 2 aromatic rings. The molecule has 1 aliphatic carbocycles. The van der Waals surface area contributed by atoms with Crippen LogP contribution in [0.15, 0.2) is 85.0 Å². The highest BCUT2D eigenvalue weighted by Gasteiger charge is 2.53. The highest BCUT2D eigenvalue weighted by molar-refractivity contribution is 6.99. The van der Waals surface area contributed by atoms with Gasteiger partial charge in [0.05, 0.1) is 0 Å². The molecule has 0 spiro atoms. The molecule has 1 N–H and O–H groups in total. The van der Waals surface area contributed by atoms with Crippen LogP contribution in [0.25, 0.3) is 0 Å². The van der Waals surface area contributed by atoms with Crippen LogP contribution in [-0.2, 0) is 14.0 Å². The van der Waals surface area contributed by atoms with E-state index in [0.29, 0.717) is 6.42 Å². The number of hydrogen-bond donors (Lipinski definition) is 1. The number of rotatable bonds is 4. The van der Waals surface area contributed by atoms with Crippen molar-refractivity contribution in [2.75, 3.05) is 0 Å². The van der Waals surface area contributed by atoms with E-state index in [4.69, 9.17) is 4.43 Å². The molecule has 4 atom stereocenters. The van der Waals surface area contributed by atoms with Crippen LogP contribution in [0.4, 0.5) is 0 Å². The summed E-state index contributed by atoms with van der Waals surface area (Å²) in [5, 5.41) is 5.36. The van der Waals surface area contributed by atoms with Crippen molar-refractivity contribution < 1.29 is 14.0 Å². The monoisotopic (exact) mass is 515 g/mol. The van der Waals surface area contributed by atoms with Crippen LogP contribution in [0.3, 0.4) is 0 Å². The molecule has 4 nitrogen and oxygen atoms in total. The average molecular weight is 516 g/mol. The molecule has 0 radical (unpaired) electrons. The summed E-state index contributed by atoms with van der Waals surface area (Å²) < 4.78 is 7.37. The number of hydrogen-bond acceptors (Lipinski definition) is 3. The zero-order valence-electron chi connectivity index (χ0n) is 22.7. The zero-order chi connectivity index (χ0) is 26.5. The molecule has 5 heteroatoms. The third-order valence-electron chi connectivity index (χ3n) is 7.87. The fourth-order valence-corrected chi connectivity index (χ4v) is 10.8. The fraction of sp³-hybridized carbons (Fsp3) is 0.438. The summed E-state index contributed by atoms with van der Waals surface area (Å²) in [4.78, 5) is 25.7. The Morgan fingerprint density at radius 2 is 1.51 bits per heavy atom. The lowest BCUT2D eigenvalue weighted by atomic mass is 9.91. The molecular weight excluding hydrogens is 474 g/mol. The van der Waals surface area contributed by atoms with Gasteiger partial charge >= 0.3 is 0 Å². The second-order valence-electron chi connectivity index (χ2n) is 11.6. The summed E-state index contributed by atoms with van der Waals surface area (Å²) in [6, 6.07) is 21.4. The summed E-state index contributed by atoms with van der Waals surface area (Å²) in [6.07, 6.45) is 11.7. The Labute approximate surface area is 223 Å². The van der Waals surface area contributed by atoms with E-state index in [1.807, 2.05) is 6.92 Å². The molecule has 0 bridgehead atoms. The number of carbonyl (C=O) groups is 2. The molecule has 1 aliphatic heterocycles. The Bertz CT molecular complexity index is 1080. The van der Waals surface area contributed by atoms with Crippen LogP contribution in [0.1, 0.15) is 59.8 Å². The van der Waals surface area contributed by atoms with Crippen molar-refractivity contribution in [2.45, 2.75) is 77.0 Å². The Hall–Kier alpha value is -2.76. The SMILES string of the molecule is C[C@H]1CCC/C=C/[C@@H]2C[C@H](O[Si](c3ccccc3)(c3ccccc3)C(C)(C)C)C[C@H]2C(=O)/C=C/C(=O)N1. The number of benzene rings is 2. The van der Waals surface area contributed by atoms with Crippen molar-refractivity contribution in [2.24, 2.45) is 11.8 Å². The van der Waals surface area contributed by atoms with Crippen molar-refractivity contribution in [3.05, 3.63) is 85.0 Å². The molecular formula is C32H41NO3Si. The fourth-order valence-electron chi connectivity index (χ4n) is 6.06. The van der Waals surface area contributed by atoms with E-state index in [1.165, 1.54) is 22.5 Å². The smallest absolute Gasteiger partial charge is 0.261 e. The van der Waals surface area contributed by atoms with Gasteiger partial charge in [-0.1, -0.05) is 93.6 Å². The maximum Gasteiger partial charge on any atom is 0.261 e. The summed E-state index contributed by atoms with van der Waals surface area (Å²) >= 11 is 0. The van der Waals surface area contributed by atoms with Gasteiger partial charge in [-0.25, -0.2) is 0 Å². The zero-order valence-corrected chi connectivity index (χ0v) is 23.7. The first-order valence-corrected chi connectivity index (χ1v) is 15.6. The van der Waals surface area contributed by atoms with Crippen molar-refractivity contribution in [3.63, 3.8) is 0 Å². The van der Waals surface area contributed by atoms with E-state index in [1.54, 1.807) is 0 Å². The highest BCUT2D eigenvalue weighted by Crippen LogP contribution is 2.43. The lowest BCUT2D eigenvalue weighted by Crippen LogP contribution is -2.67. The average Bonchev–Trinajstić information content (AvgIpc) is 3.28. The highest BCUT2D eigenvalue weighted by atomic mass is 28.4. The van der Waals surface area contributed by atoms with Crippen LogP contribution in [0, 0.1) is 11.8 Å². The van der Waals surface area contributed by atoms with E-state index >= 15 is 0 Å². The number of ketones is 1. The molecule has 1 amide bonds. The molecule has 2 aliphatic rings. The van der Waals surface area contributed by atoms with Gasteiger partial charge in [0.25, 0.3) is 8.32 Å². The number of allylic oxidation sites excluding steroid dienone is 3. The lowest BCUT2D eigenvalue weighted by Gasteiger charge is -2.44. The normalized spacial score (nSPS) is 27.2. The van der Waals surface area contributed by atoms with E-state index in [0.717, 1.165) is 25.7 Å². The third-order valence-corrected chi connectivity index (χ3v) is 13.0. The minimum atomic E-state index is -2.70. The first kappa shape index (κ1) is 27.3. The van der Waals surface area contributed by atoms with E-state index in [-0.39, 0.29) is 40.7 Å². The Balaban J connectivity index is 1.69. The van der Waals surface area contributed by atoms with Gasteiger partial charge in [-0.15, -0.1) is 0 Å². The molecule has 0 unspecified atom stereocenters. The lowest BCUT2D eigenvalue weighted by molar-refractivity contribution is -0.120. The molecule has 196 valence electrons. The second-order valence-corrected chi connectivity index (χ2v) is 15.9. The molecule has 4 rings (SSSR count). The molecule has 37 heavy (non-hydrogen) atoms. The van der Waals surface area contributed by atoms with Crippen molar-refractivity contribution in [1.82, 2.24) is 5.32 Å². The molecule has 0 saturated heterocycles.